The molecule has 114 valence electrons. The van der Waals surface area contributed by atoms with Gasteiger partial charge in [0.1, 0.15) is 5.88 Å². The van der Waals surface area contributed by atoms with E-state index in [2.05, 4.69) is 16.7 Å². The van der Waals surface area contributed by atoms with Crippen molar-refractivity contribution in [1.29, 1.82) is 0 Å². The average Bonchev–Trinajstić information content (AvgIpc) is 2.93. The fourth-order valence-corrected chi connectivity index (χ4v) is 3.24. The summed E-state index contributed by atoms with van der Waals surface area (Å²) in [5, 5.41) is 5.78. The predicted molar refractivity (Wildman–Crippen MR) is 90.3 cm³/mol. The molecular weight excluding hydrogens is 312 g/mol. The number of hydrogen-bond donors (Lipinski definition) is 2. The molecule has 1 aliphatic heterocycles. The molecule has 2 aliphatic rings. The Kier molecular flexibility index (Phi) is 3.20. The van der Waals surface area contributed by atoms with Gasteiger partial charge in [-0.05, 0) is 46.5 Å². The Balaban J connectivity index is 1.76. The maximum Gasteiger partial charge on any atom is 0.252 e. The first-order chi connectivity index (χ1) is 11.2. The average molecular weight is 325 g/mol. The van der Waals surface area contributed by atoms with Crippen molar-refractivity contribution in [3.05, 3.63) is 64.7 Å². The third-order valence-electron chi connectivity index (χ3n) is 4.18. The van der Waals surface area contributed by atoms with E-state index in [-0.39, 0.29) is 23.7 Å². The van der Waals surface area contributed by atoms with E-state index >= 15 is 0 Å². The lowest BCUT2D eigenvalue weighted by molar-refractivity contribution is -0.113. The van der Waals surface area contributed by atoms with Crippen molar-refractivity contribution in [1.82, 2.24) is 5.32 Å². The number of hydrogen-bond acceptors (Lipinski definition) is 2. The van der Waals surface area contributed by atoms with Crippen LogP contribution in [0.4, 0.5) is 5.69 Å². The second-order valence-corrected chi connectivity index (χ2v) is 5.84. The van der Waals surface area contributed by atoms with Gasteiger partial charge in [0.25, 0.3) is 5.91 Å². The number of halogens is 1. The number of anilines is 1. The van der Waals surface area contributed by atoms with Crippen molar-refractivity contribution in [2.45, 2.75) is 6.04 Å². The molecule has 23 heavy (non-hydrogen) atoms. The number of carbonyl (C=O) groups is 2. The minimum atomic E-state index is -0.254. The quantitative estimate of drug-likeness (QED) is 0.833. The van der Waals surface area contributed by atoms with Crippen LogP contribution in [0, 0.1) is 0 Å². The van der Waals surface area contributed by atoms with E-state index in [9.17, 15) is 9.59 Å². The van der Waals surface area contributed by atoms with Gasteiger partial charge >= 0.3 is 0 Å². The highest BCUT2D eigenvalue weighted by molar-refractivity contribution is 6.29. The van der Waals surface area contributed by atoms with Crippen LogP contribution in [-0.2, 0) is 4.79 Å². The summed E-state index contributed by atoms with van der Waals surface area (Å²) in [5.41, 5.74) is 5.44. The zero-order valence-corrected chi connectivity index (χ0v) is 12.9. The molecule has 1 heterocycles. The summed E-state index contributed by atoms with van der Waals surface area (Å²) in [6.07, 6.45) is 2.09. The molecule has 0 bridgehead atoms. The molecule has 4 nitrogen and oxygen atoms in total. The minimum Gasteiger partial charge on any atom is -0.341 e. The van der Waals surface area contributed by atoms with Gasteiger partial charge in [-0.25, -0.2) is 0 Å². The fourth-order valence-electron chi connectivity index (χ4n) is 3.18. The van der Waals surface area contributed by atoms with E-state index in [0.29, 0.717) is 11.3 Å². The summed E-state index contributed by atoms with van der Waals surface area (Å²) in [6.45, 7) is 0. The van der Waals surface area contributed by atoms with Crippen LogP contribution in [0.3, 0.4) is 0 Å². The lowest BCUT2D eigenvalue weighted by atomic mass is 9.90. The number of amides is 2. The van der Waals surface area contributed by atoms with E-state index in [4.69, 9.17) is 11.6 Å². The zero-order valence-electron chi connectivity index (χ0n) is 12.1. The first-order valence-corrected chi connectivity index (χ1v) is 7.82. The van der Waals surface area contributed by atoms with Crippen molar-refractivity contribution < 1.29 is 9.59 Å². The highest BCUT2D eigenvalue weighted by Gasteiger charge is 2.34. The number of fused-ring (bicyclic) bond motifs is 5. The normalized spacial score (nSPS) is 17.5. The second-order valence-electron chi connectivity index (χ2n) is 5.58. The Morgan fingerprint density at radius 3 is 2.74 bits per heavy atom. The van der Waals surface area contributed by atoms with E-state index < -0.39 is 0 Å². The van der Waals surface area contributed by atoms with Crippen LogP contribution in [0.5, 0.6) is 0 Å². The summed E-state index contributed by atoms with van der Waals surface area (Å²) in [5.74, 6) is -0.421. The van der Waals surface area contributed by atoms with Crippen LogP contribution >= 0.6 is 11.6 Å². The van der Waals surface area contributed by atoms with Crippen LogP contribution < -0.4 is 10.6 Å². The largest absolute Gasteiger partial charge is 0.341 e. The summed E-state index contributed by atoms with van der Waals surface area (Å²) in [6, 6.07) is 13.1. The van der Waals surface area contributed by atoms with E-state index in [0.717, 1.165) is 22.3 Å². The Labute approximate surface area is 138 Å². The molecule has 2 aromatic carbocycles. The van der Waals surface area contributed by atoms with Gasteiger partial charge in [0, 0.05) is 11.3 Å². The second kappa shape index (κ2) is 5.25. The molecule has 0 spiro atoms. The maximum atomic E-state index is 12.3. The van der Waals surface area contributed by atoms with Gasteiger partial charge in [0.15, 0.2) is 0 Å². The van der Waals surface area contributed by atoms with Crippen LogP contribution in [-0.4, -0.2) is 17.7 Å². The van der Waals surface area contributed by atoms with Crippen LogP contribution in [0.25, 0.3) is 11.6 Å². The number of carbonyl (C=O) groups excluding carboxylic acids is 2. The molecule has 2 amide bonds. The standard InChI is InChI=1S/C18H13ClN2O2/c19-9-16(22)20-11-6-5-10-7-15-12-3-1-2-4-13(12)18(23)21-17(15)14(10)8-11/h1-8,17H,9H2,(H,20,22)(H,21,23). The Bertz CT molecular complexity index is 873. The molecule has 2 N–H and O–H groups in total. The molecule has 5 heteroatoms. The predicted octanol–water partition coefficient (Wildman–Crippen LogP) is 3.20. The molecule has 1 aliphatic carbocycles. The number of nitrogens with one attached hydrogen (secondary N) is 2. The molecular formula is C18H13ClN2O2. The van der Waals surface area contributed by atoms with E-state index in [1.165, 1.54) is 0 Å². The summed E-state index contributed by atoms with van der Waals surface area (Å²) >= 11 is 5.53. The summed E-state index contributed by atoms with van der Waals surface area (Å²) < 4.78 is 0. The van der Waals surface area contributed by atoms with Crippen LogP contribution in [0.2, 0.25) is 0 Å². The van der Waals surface area contributed by atoms with Gasteiger partial charge in [-0.2, -0.15) is 0 Å². The summed E-state index contributed by atoms with van der Waals surface area (Å²) in [7, 11) is 0. The summed E-state index contributed by atoms with van der Waals surface area (Å²) in [4.78, 5) is 23.8. The third kappa shape index (κ3) is 2.23. The molecule has 0 saturated carbocycles. The maximum absolute atomic E-state index is 12.3. The molecule has 0 fully saturated rings. The lowest BCUT2D eigenvalue weighted by Crippen LogP contribution is -2.33. The molecule has 1 atom stereocenters. The topological polar surface area (TPSA) is 58.2 Å². The smallest absolute Gasteiger partial charge is 0.252 e. The third-order valence-corrected chi connectivity index (χ3v) is 4.43. The number of alkyl halides is 1. The van der Waals surface area contributed by atoms with Crippen molar-refractivity contribution >= 4 is 40.8 Å². The SMILES string of the molecule is O=C(CCl)Nc1ccc2c(c1)C1NC(=O)c3ccccc3C1=C2. The van der Waals surface area contributed by atoms with Crippen LogP contribution in [0.15, 0.2) is 42.5 Å². The van der Waals surface area contributed by atoms with Crippen molar-refractivity contribution in [3.8, 4) is 0 Å². The number of benzene rings is 2. The van der Waals surface area contributed by atoms with Crippen molar-refractivity contribution in [2.75, 3.05) is 11.2 Å². The molecule has 2 aromatic rings. The number of rotatable bonds is 2. The van der Waals surface area contributed by atoms with Gasteiger partial charge in [-0.1, -0.05) is 24.3 Å². The monoisotopic (exact) mass is 324 g/mol. The van der Waals surface area contributed by atoms with E-state index in [1.807, 2.05) is 42.5 Å². The minimum absolute atomic E-state index is 0.0780. The fraction of sp³-hybridized carbons (Fsp3) is 0.111. The highest BCUT2D eigenvalue weighted by atomic mass is 35.5. The van der Waals surface area contributed by atoms with Crippen LogP contribution in [0.1, 0.15) is 33.1 Å². The molecule has 0 aromatic heterocycles. The van der Waals surface area contributed by atoms with Gasteiger partial charge in [-0.15, -0.1) is 11.6 Å². The Morgan fingerprint density at radius 2 is 1.96 bits per heavy atom. The molecule has 0 radical (unpaired) electrons. The first kappa shape index (κ1) is 14.0. The highest BCUT2D eigenvalue weighted by Crippen LogP contribution is 2.44. The Morgan fingerprint density at radius 1 is 1.17 bits per heavy atom. The van der Waals surface area contributed by atoms with Gasteiger partial charge in [0.2, 0.25) is 5.91 Å². The first-order valence-electron chi connectivity index (χ1n) is 7.29. The Hall–Kier alpha value is -2.59. The molecule has 4 rings (SSSR count). The molecule has 0 saturated heterocycles. The zero-order chi connectivity index (χ0) is 16.0. The van der Waals surface area contributed by atoms with Gasteiger partial charge < -0.3 is 10.6 Å². The van der Waals surface area contributed by atoms with Gasteiger partial charge in [0.05, 0.1) is 6.04 Å². The van der Waals surface area contributed by atoms with E-state index in [1.54, 1.807) is 0 Å². The van der Waals surface area contributed by atoms with Crippen molar-refractivity contribution in [3.63, 3.8) is 0 Å². The lowest BCUT2D eigenvalue weighted by Gasteiger charge is -2.26. The molecule has 1 unspecified atom stereocenters. The van der Waals surface area contributed by atoms with Crippen molar-refractivity contribution in [2.24, 2.45) is 0 Å². The van der Waals surface area contributed by atoms with Gasteiger partial charge in [-0.3, -0.25) is 9.59 Å².